The first-order chi connectivity index (χ1) is 12.5. The Balaban J connectivity index is 1.66. The number of hydrogen-bond donors (Lipinski definition) is 2. The number of nitrogens with one attached hydrogen (secondary N) is 2. The molecule has 0 atom stereocenters. The zero-order chi connectivity index (χ0) is 18.3. The lowest BCUT2D eigenvalue weighted by Gasteiger charge is -2.31. The van der Waals surface area contributed by atoms with E-state index < -0.39 is 5.54 Å². The highest BCUT2D eigenvalue weighted by atomic mass is 19.1. The van der Waals surface area contributed by atoms with E-state index in [1.54, 1.807) is 12.1 Å². The molecule has 4 nitrogen and oxygen atoms in total. The van der Waals surface area contributed by atoms with Gasteiger partial charge in [-0.1, -0.05) is 25.0 Å². The molecule has 26 heavy (non-hydrogen) atoms. The number of carbonyl (C=O) groups excluding carboxylic acids is 2. The van der Waals surface area contributed by atoms with Gasteiger partial charge >= 0.3 is 0 Å². The number of rotatable bonds is 3. The topological polar surface area (TPSA) is 62.0 Å². The molecule has 2 aliphatic rings. The number of ketones is 1. The highest BCUT2D eigenvalue weighted by Crippen LogP contribution is 2.39. The number of halogens is 1. The Morgan fingerprint density at radius 3 is 2.46 bits per heavy atom. The fourth-order valence-electron chi connectivity index (χ4n) is 4.51. The van der Waals surface area contributed by atoms with Gasteiger partial charge in [0.1, 0.15) is 11.5 Å². The Morgan fingerprint density at radius 1 is 1.12 bits per heavy atom. The molecule has 1 aromatic heterocycles. The summed E-state index contributed by atoms with van der Waals surface area (Å²) in [6.45, 7) is 1.84. The van der Waals surface area contributed by atoms with Crippen LogP contribution in [-0.2, 0) is 12.0 Å². The van der Waals surface area contributed by atoms with Crippen LogP contribution in [0, 0.1) is 12.7 Å². The van der Waals surface area contributed by atoms with E-state index in [0.717, 1.165) is 55.3 Å². The van der Waals surface area contributed by atoms with Gasteiger partial charge in [-0.05, 0) is 55.9 Å². The first kappa shape index (κ1) is 17.0. The minimum absolute atomic E-state index is 0.119. The lowest BCUT2D eigenvalue weighted by atomic mass is 9.87. The van der Waals surface area contributed by atoms with Crippen molar-refractivity contribution in [1.82, 2.24) is 10.3 Å². The molecule has 0 bridgehead atoms. The Hall–Kier alpha value is -2.43. The van der Waals surface area contributed by atoms with Crippen LogP contribution in [0.1, 0.15) is 76.2 Å². The van der Waals surface area contributed by atoms with Crippen molar-refractivity contribution in [1.29, 1.82) is 0 Å². The summed E-state index contributed by atoms with van der Waals surface area (Å²) >= 11 is 0. The van der Waals surface area contributed by atoms with Crippen LogP contribution < -0.4 is 5.32 Å². The molecule has 1 heterocycles. The van der Waals surface area contributed by atoms with E-state index >= 15 is 0 Å². The van der Waals surface area contributed by atoms with Crippen molar-refractivity contribution < 1.29 is 14.0 Å². The molecule has 0 spiro atoms. The molecule has 2 aromatic rings. The fraction of sp³-hybridized carbons (Fsp3) is 0.429. The third kappa shape index (κ3) is 2.75. The van der Waals surface area contributed by atoms with Gasteiger partial charge in [0, 0.05) is 17.7 Å². The van der Waals surface area contributed by atoms with Crippen molar-refractivity contribution in [3.05, 3.63) is 58.2 Å². The van der Waals surface area contributed by atoms with E-state index in [1.165, 1.54) is 12.1 Å². The largest absolute Gasteiger partial charge is 0.354 e. The molecule has 1 amide bonds. The van der Waals surface area contributed by atoms with Gasteiger partial charge in [0.05, 0.1) is 5.54 Å². The molecule has 2 aliphatic carbocycles. The summed E-state index contributed by atoms with van der Waals surface area (Å²) in [7, 11) is 0. The smallest absolute Gasteiger partial charge is 0.268 e. The maximum atomic E-state index is 13.3. The van der Waals surface area contributed by atoms with Crippen LogP contribution in [0.5, 0.6) is 0 Å². The van der Waals surface area contributed by atoms with Gasteiger partial charge in [0.25, 0.3) is 5.91 Å². The number of H-pyrrole nitrogens is 1. The highest BCUT2D eigenvalue weighted by molar-refractivity contribution is 6.04. The van der Waals surface area contributed by atoms with Crippen molar-refractivity contribution in [3.63, 3.8) is 0 Å². The molecular weight excluding hydrogens is 331 g/mol. The van der Waals surface area contributed by atoms with Crippen molar-refractivity contribution in [2.24, 2.45) is 0 Å². The van der Waals surface area contributed by atoms with Crippen molar-refractivity contribution in [2.75, 3.05) is 0 Å². The van der Waals surface area contributed by atoms with Crippen LogP contribution in [-0.4, -0.2) is 16.7 Å². The second-order valence-electron chi connectivity index (χ2n) is 7.51. The van der Waals surface area contributed by atoms with E-state index in [1.807, 2.05) is 6.92 Å². The monoisotopic (exact) mass is 354 g/mol. The molecule has 1 aromatic carbocycles. The predicted molar refractivity (Wildman–Crippen MR) is 96.8 cm³/mol. The van der Waals surface area contributed by atoms with Gasteiger partial charge in [-0.3, -0.25) is 9.59 Å². The van der Waals surface area contributed by atoms with Crippen molar-refractivity contribution >= 4 is 11.7 Å². The maximum Gasteiger partial charge on any atom is 0.268 e. The molecule has 5 heteroatoms. The number of amides is 1. The molecule has 0 aliphatic heterocycles. The number of benzene rings is 1. The summed E-state index contributed by atoms with van der Waals surface area (Å²) < 4.78 is 13.3. The molecule has 1 fully saturated rings. The van der Waals surface area contributed by atoms with Crippen LogP contribution in [0.4, 0.5) is 4.39 Å². The van der Waals surface area contributed by atoms with Crippen LogP contribution in [0.2, 0.25) is 0 Å². The lowest BCUT2D eigenvalue weighted by Crippen LogP contribution is -2.44. The van der Waals surface area contributed by atoms with Crippen LogP contribution >= 0.6 is 0 Å². The highest BCUT2D eigenvalue weighted by Gasteiger charge is 2.38. The molecule has 136 valence electrons. The zero-order valence-electron chi connectivity index (χ0n) is 15.0. The minimum atomic E-state index is -0.465. The van der Waals surface area contributed by atoms with E-state index in [2.05, 4.69) is 10.3 Å². The average Bonchev–Trinajstić information content (AvgIpc) is 3.22. The average molecular weight is 354 g/mol. The molecule has 1 saturated carbocycles. The summed E-state index contributed by atoms with van der Waals surface area (Å²) in [6.07, 6.45) is 5.90. The summed E-state index contributed by atoms with van der Waals surface area (Å²) in [5.74, 6) is -0.344. The summed E-state index contributed by atoms with van der Waals surface area (Å²) in [5.41, 5.74) is 3.28. The summed E-state index contributed by atoms with van der Waals surface area (Å²) in [5, 5.41) is 3.21. The molecular formula is C21H23FN2O2. The number of carbonyl (C=O) groups is 2. The second-order valence-corrected chi connectivity index (χ2v) is 7.51. The first-order valence-electron chi connectivity index (χ1n) is 9.33. The number of aromatic nitrogens is 1. The fourth-order valence-corrected chi connectivity index (χ4v) is 4.51. The van der Waals surface area contributed by atoms with Crippen molar-refractivity contribution in [2.45, 2.75) is 57.4 Å². The van der Waals surface area contributed by atoms with Gasteiger partial charge < -0.3 is 10.3 Å². The van der Waals surface area contributed by atoms with Gasteiger partial charge in [-0.2, -0.15) is 0 Å². The second kappa shape index (κ2) is 6.38. The molecule has 0 saturated heterocycles. The SMILES string of the molecule is Cc1c(C(=O)NC2(c3ccc(F)cc3)CCCC2)[nH]c2c1C(=O)CCC2. The van der Waals surface area contributed by atoms with Gasteiger partial charge in [-0.25, -0.2) is 4.39 Å². The number of aromatic amines is 1. The number of hydrogen-bond acceptors (Lipinski definition) is 2. The van der Waals surface area contributed by atoms with Crippen molar-refractivity contribution in [3.8, 4) is 0 Å². The number of Topliss-reactive ketones (excluding diaryl/α,β-unsaturated/α-hetero) is 1. The summed E-state index contributed by atoms with van der Waals surface area (Å²) in [6, 6.07) is 6.41. The first-order valence-corrected chi connectivity index (χ1v) is 9.33. The Labute approximate surface area is 152 Å². The third-order valence-electron chi connectivity index (χ3n) is 5.87. The predicted octanol–water partition coefficient (Wildman–Crippen LogP) is 4.18. The molecule has 0 unspecified atom stereocenters. The lowest BCUT2D eigenvalue weighted by molar-refractivity contribution is 0.0892. The summed E-state index contributed by atoms with van der Waals surface area (Å²) in [4.78, 5) is 28.5. The van der Waals surface area contributed by atoms with E-state index in [4.69, 9.17) is 0 Å². The van der Waals surface area contributed by atoms with E-state index in [-0.39, 0.29) is 17.5 Å². The van der Waals surface area contributed by atoms with Gasteiger partial charge in [0.15, 0.2) is 5.78 Å². The van der Waals surface area contributed by atoms with Crippen LogP contribution in [0.25, 0.3) is 0 Å². The Kier molecular flexibility index (Phi) is 4.17. The Bertz CT molecular complexity index is 861. The van der Waals surface area contributed by atoms with E-state index in [0.29, 0.717) is 17.7 Å². The zero-order valence-corrected chi connectivity index (χ0v) is 15.0. The number of fused-ring (bicyclic) bond motifs is 1. The van der Waals surface area contributed by atoms with Crippen LogP contribution in [0.3, 0.4) is 0 Å². The van der Waals surface area contributed by atoms with Gasteiger partial charge in [-0.15, -0.1) is 0 Å². The molecule has 4 rings (SSSR count). The minimum Gasteiger partial charge on any atom is -0.354 e. The Morgan fingerprint density at radius 2 is 1.81 bits per heavy atom. The molecule has 0 radical (unpaired) electrons. The third-order valence-corrected chi connectivity index (χ3v) is 5.87. The maximum absolute atomic E-state index is 13.3. The normalized spacial score (nSPS) is 18.6. The van der Waals surface area contributed by atoms with E-state index in [9.17, 15) is 14.0 Å². The van der Waals surface area contributed by atoms with Gasteiger partial charge in [0.2, 0.25) is 0 Å². The molecule has 2 N–H and O–H groups in total. The quantitative estimate of drug-likeness (QED) is 0.868. The standard InChI is InChI=1S/C21H23FN2O2/c1-13-18-16(5-4-6-17(18)25)23-19(13)20(26)24-21(11-2-3-12-21)14-7-9-15(22)10-8-14/h7-10,23H,2-6,11-12H2,1H3,(H,24,26). The number of aryl methyl sites for hydroxylation is 1. The van der Waals surface area contributed by atoms with Crippen LogP contribution in [0.15, 0.2) is 24.3 Å².